The molecule has 160 valence electrons. The van der Waals surface area contributed by atoms with Crippen LogP contribution in [0.3, 0.4) is 0 Å². The van der Waals surface area contributed by atoms with Gasteiger partial charge in [0.25, 0.3) is 5.91 Å². The van der Waals surface area contributed by atoms with Crippen molar-refractivity contribution in [3.63, 3.8) is 0 Å². The van der Waals surface area contributed by atoms with Crippen molar-refractivity contribution in [2.75, 3.05) is 33.8 Å². The highest BCUT2D eigenvalue weighted by atomic mass is 19.1. The van der Waals surface area contributed by atoms with Crippen molar-refractivity contribution in [1.29, 1.82) is 0 Å². The minimum absolute atomic E-state index is 0.241. The van der Waals surface area contributed by atoms with Crippen molar-refractivity contribution in [3.8, 4) is 0 Å². The van der Waals surface area contributed by atoms with Gasteiger partial charge in [0.2, 0.25) is 0 Å². The maximum atomic E-state index is 13.3. The van der Waals surface area contributed by atoms with Gasteiger partial charge in [-0.25, -0.2) is 9.18 Å². The van der Waals surface area contributed by atoms with E-state index >= 15 is 0 Å². The van der Waals surface area contributed by atoms with Gasteiger partial charge in [-0.3, -0.25) is 4.79 Å². The van der Waals surface area contributed by atoms with Gasteiger partial charge in [0.1, 0.15) is 12.4 Å². The average Bonchev–Trinajstić information content (AvgIpc) is 3.01. The molecule has 4 rings (SSSR count). The Morgan fingerprint density at radius 2 is 1.87 bits per heavy atom. The first-order valence-electron chi connectivity index (χ1n) is 10.1. The number of H-pyrrole nitrogens is 1. The third kappa shape index (κ3) is 4.36. The Morgan fingerprint density at radius 1 is 1.13 bits per heavy atom. The normalized spacial score (nSPS) is 13.7. The van der Waals surface area contributed by atoms with E-state index in [2.05, 4.69) is 4.98 Å². The van der Waals surface area contributed by atoms with E-state index < -0.39 is 11.8 Å². The minimum Gasteiger partial charge on any atom is -0.461 e. The van der Waals surface area contributed by atoms with E-state index in [1.807, 2.05) is 43.3 Å². The fraction of sp³-hybridized carbons (Fsp3) is 0.250. The first-order valence-corrected chi connectivity index (χ1v) is 10.1. The van der Waals surface area contributed by atoms with Crippen molar-refractivity contribution < 1.29 is 18.7 Å². The van der Waals surface area contributed by atoms with Crippen molar-refractivity contribution in [3.05, 3.63) is 77.4 Å². The molecular weight excluding hydrogens is 397 g/mol. The van der Waals surface area contributed by atoms with E-state index in [1.54, 1.807) is 6.20 Å². The Balaban J connectivity index is 1.71. The van der Waals surface area contributed by atoms with Gasteiger partial charge in [0.15, 0.2) is 0 Å². The number of rotatable bonds is 5. The Morgan fingerprint density at radius 3 is 2.61 bits per heavy atom. The molecular formula is C24H24FN3O3. The molecule has 3 aromatic rings. The molecule has 1 aliphatic heterocycles. The predicted octanol–water partition coefficient (Wildman–Crippen LogP) is 3.45. The molecule has 1 N–H and O–H groups in total. The van der Waals surface area contributed by atoms with Crippen LogP contribution in [-0.2, 0) is 16.0 Å². The second kappa shape index (κ2) is 8.73. The molecule has 0 saturated carbocycles. The van der Waals surface area contributed by atoms with Crippen LogP contribution in [-0.4, -0.2) is 60.5 Å². The summed E-state index contributed by atoms with van der Waals surface area (Å²) < 4.78 is 18.8. The van der Waals surface area contributed by atoms with Gasteiger partial charge in [-0.1, -0.05) is 18.2 Å². The number of benzene rings is 2. The monoisotopic (exact) mass is 421 g/mol. The van der Waals surface area contributed by atoms with Gasteiger partial charge in [-0.15, -0.1) is 0 Å². The average molecular weight is 421 g/mol. The van der Waals surface area contributed by atoms with E-state index in [4.69, 9.17) is 4.74 Å². The summed E-state index contributed by atoms with van der Waals surface area (Å²) in [6.45, 7) is 1.22. The zero-order chi connectivity index (χ0) is 22.0. The van der Waals surface area contributed by atoms with Gasteiger partial charge in [-0.05, 0) is 56.4 Å². The molecule has 0 unspecified atom stereocenters. The van der Waals surface area contributed by atoms with Crippen molar-refractivity contribution >= 4 is 28.4 Å². The quantitative estimate of drug-likeness (QED) is 0.641. The Labute approximate surface area is 179 Å². The number of hydrogen-bond acceptors (Lipinski definition) is 4. The van der Waals surface area contributed by atoms with Crippen LogP contribution in [0.4, 0.5) is 4.39 Å². The number of hydrogen-bond donors (Lipinski definition) is 1. The molecule has 0 bridgehead atoms. The summed E-state index contributed by atoms with van der Waals surface area (Å²) in [7, 11) is 3.80. The lowest BCUT2D eigenvalue weighted by atomic mass is 10.0. The fourth-order valence-corrected chi connectivity index (χ4v) is 3.68. The molecule has 0 saturated heterocycles. The first kappa shape index (κ1) is 20.8. The molecule has 1 amide bonds. The largest absolute Gasteiger partial charge is 0.461 e. The topological polar surface area (TPSA) is 65.6 Å². The Hall–Kier alpha value is -3.45. The summed E-state index contributed by atoms with van der Waals surface area (Å²) in [5, 5.41) is 1.01. The number of nitrogens with zero attached hydrogens (tertiary/aromatic N) is 2. The molecule has 6 nitrogen and oxygen atoms in total. The van der Waals surface area contributed by atoms with Gasteiger partial charge in [-0.2, -0.15) is 0 Å². The van der Waals surface area contributed by atoms with Gasteiger partial charge in [0.05, 0.1) is 11.3 Å². The Bertz CT molecular complexity index is 1150. The summed E-state index contributed by atoms with van der Waals surface area (Å²) in [6.07, 6.45) is 2.11. The second-order valence-corrected chi connectivity index (χ2v) is 7.76. The van der Waals surface area contributed by atoms with E-state index in [9.17, 15) is 14.0 Å². The second-order valence-electron chi connectivity index (χ2n) is 7.76. The van der Waals surface area contributed by atoms with Gasteiger partial charge < -0.3 is 19.5 Å². The summed E-state index contributed by atoms with van der Waals surface area (Å²) in [5.74, 6) is -1.20. The lowest BCUT2D eigenvalue weighted by molar-refractivity contribution is -0.136. The number of amides is 1. The predicted molar refractivity (Wildman–Crippen MR) is 117 cm³/mol. The number of fused-ring (bicyclic) bond motifs is 3. The van der Waals surface area contributed by atoms with E-state index in [0.717, 1.165) is 16.5 Å². The van der Waals surface area contributed by atoms with Crippen LogP contribution in [0.25, 0.3) is 16.5 Å². The third-order valence-corrected chi connectivity index (χ3v) is 5.31. The number of aromatic amines is 1. The summed E-state index contributed by atoms with van der Waals surface area (Å²) in [6, 6.07) is 13.2. The van der Waals surface area contributed by atoms with Crippen LogP contribution in [0.5, 0.6) is 0 Å². The maximum absolute atomic E-state index is 13.3. The molecule has 1 aromatic heterocycles. The molecule has 1 aliphatic rings. The number of para-hydroxylation sites is 1. The van der Waals surface area contributed by atoms with Gasteiger partial charge in [0, 0.05) is 35.8 Å². The van der Waals surface area contributed by atoms with E-state index in [1.165, 1.54) is 29.2 Å². The molecule has 0 fully saturated rings. The van der Waals surface area contributed by atoms with Crippen LogP contribution < -0.4 is 0 Å². The summed E-state index contributed by atoms with van der Waals surface area (Å²) in [4.78, 5) is 32.8. The fourth-order valence-electron chi connectivity index (χ4n) is 3.68. The summed E-state index contributed by atoms with van der Waals surface area (Å²) >= 11 is 0. The Kier molecular flexibility index (Phi) is 5.86. The molecule has 0 atom stereocenters. The maximum Gasteiger partial charge on any atom is 0.341 e. The van der Waals surface area contributed by atoms with E-state index in [0.29, 0.717) is 36.3 Å². The minimum atomic E-state index is -0.492. The van der Waals surface area contributed by atoms with Crippen LogP contribution in [0, 0.1) is 5.82 Å². The molecule has 2 heterocycles. The zero-order valence-electron chi connectivity index (χ0n) is 17.5. The molecule has 0 aliphatic carbocycles. The van der Waals surface area contributed by atoms with Gasteiger partial charge >= 0.3 is 5.97 Å². The number of esters is 1. The number of carbonyl (C=O) groups excluding carboxylic acids is 2. The van der Waals surface area contributed by atoms with Crippen molar-refractivity contribution in [2.24, 2.45) is 0 Å². The van der Waals surface area contributed by atoms with E-state index in [-0.39, 0.29) is 12.5 Å². The van der Waals surface area contributed by atoms with Crippen LogP contribution in [0.2, 0.25) is 0 Å². The lowest BCUT2D eigenvalue weighted by Gasteiger charge is -2.18. The highest BCUT2D eigenvalue weighted by molar-refractivity contribution is 6.18. The lowest BCUT2D eigenvalue weighted by Crippen LogP contribution is -2.28. The number of carbonyl (C=O) groups is 2. The highest BCUT2D eigenvalue weighted by Crippen LogP contribution is 2.31. The molecule has 0 spiro atoms. The number of ether oxygens (including phenoxy) is 1. The standard InChI is InChI=1S/C24H24FN3O3/c1-27(2)13-14-31-24(30)20-15-28(23(29)16-7-9-17(25)10-8-16)12-11-19-18-5-3-4-6-21(18)26-22(19)20/h3-10,15,26H,11-14H2,1-2H3. The number of likely N-dealkylation sites (N-methyl/N-ethyl adjacent to an activating group) is 1. The first-order chi connectivity index (χ1) is 14.9. The molecule has 2 aromatic carbocycles. The zero-order valence-corrected chi connectivity index (χ0v) is 17.5. The summed E-state index contributed by atoms with van der Waals surface area (Å²) in [5.41, 5.74) is 3.23. The van der Waals surface area contributed by atoms with Crippen molar-refractivity contribution in [1.82, 2.24) is 14.8 Å². The van der Waals surface area contributed by atoms with Crippen LogP contribution in [0.15, 0.2) is 54.7 Å². The highest BCUT2D eigenvalue weighted by Gasteiger charge is 2.27. The molecule has 31 heavy (non-hydrogen) atoms. The third-order valence-electron chi connectivity index (χ3n) is 5.31. The SMILES string of the molecule is CN(C)CCOC(=O)C1=CN(C(=O)c2ccc(F)cc2)CCc2c1[nH]c1ccccc21. The number of aromatic nitrogens is 1. The number of halogens is 1. The number of nitrogens with one attached hydrogen (secondary N) is 1. The smallest absolute Gasteiger partial charge is 0.341 e. The molecule has 7 heteroatoms. The van der Waals surface area contributed by atoms with Crippen molar-refractivity contribution in [2.45, 2.75) is 6.42 Å². The molecule has 0 radical (unpaired) electrons. The van der Waals surface area contributed by atoms with Crippen LogP contribution >= 0.6 is 0 Å². The van der Waals surface area contributed by atoms with Crippen LogP contribution in [0.1, 0.15) is 21.6 Å².